The smallest absolute Gasteiger partial charge is 0.335 e. The Bertz CT molecular complexity index is 294. The molecule has 3 heteroatoms. The Morgan fingerprint density at radius 3 is 2.67 bits per heavy atom. The van der Waals surface area contributed by atoms with Gasteiger partial charge in [-0.3, -0.25) is 0 Å². The zero-order valence-electron chi connectivity index (χ0n) is 6.36. The van der Waals surface area contributed by atoms with Gasteiger partial charge in [0, 0.05) is 0 Å². The van der Waals surface area contributed by atoms with E-state index in [0.29, 0.717) is 5.56 Å². The number of halogens is 1. The van der Waals surface area contributed by atoms with E-state index in [1.54, 1.807) is 30.3 Å². The summed E-state index contributed by atoms with van der Waals surface area (Å²) in [7, 11) is 0. The van der Waals surface area contributed by atoms with E-state index in [-0.39, 0.29) is 17.0 Å². The van der Waals surface area contributed by atoms with E-state index in [4.69, 9.17) is 5.11 Å². The van der Waals surface area contributed by atoms with E-state index in [1.807, 2.05) is 0 Å². The van der Waals surface area contributed by atoms with Gasteiger partial charge in [-0.2, -0.15) is 0 Å². The average Bonchev–Trinajstić information content (AvgIpc) is 2.05. The lowest BCUT2D eigenvalue weighted by molar-refractivity contribution is 0.0697. The van der Waals surface area contributed by atoms with E-state index < -0.39 is 5.97 Å². The number of benzene rings is 1. The molecule has 0 aromatic heterocycles. The highest BCUT2D eigenvalue weighted by atomic mass is 79.9. The van der Waals surface area contributed by atoms with Gasteiger partial charge in [-0.05, 0) is 17.7 Å². The molecule has 0 heterocycles. The Morgan fingerprint density at radius 2 is 2.17 bits per heavy atom. The van der Waals surface area contributed by atoms with Crippen molar-refractivity contribution in [2.24, 2.45) is 0 Å². The van der Waals surface area contributed by atoms with Crippen LogP contribution in [0, 0.1) is 0 Å². The topological polar surface area (TPSA) is 37.3 Å². The highest BCUT2D eigenvalue weighted by Crippen LogP contribution is 2.05. The predicted octanol–water partition coefficient (Wildman–Crippen LogP) is 2.61. The summed E-state index contributed by atoms with van der Waals surface area (Å²) < 4.78 is 0. The van der Waals surface area contributed by atoms with Crippen LogP contribution in [0.25, 0.3) is 6.08 Å². The lowest BCUT2D eigenvalue weighted by Gasteiger charge is -1.94. The van der Waals surface area contributed by atoms with Crippen molar-refractivity contribution in [1.29, 1.82) is 0 Å². The van der Waals surface area contributed by atoms with Crippen molar-refractivity contribution in [3.05, 3.63) is 42.0 Å². The summed E-state index contributed by atoms with van der Waals surface area (Å²) in [6.45, 7) is 3.54. The third-order valence-electron chi connectivity index (χ3n) is 1.37. The first kappa shape index (κ1) is 10.9. The lowest BCUT2D eigenvalue weighted by Crippen LogP contribution is -1.95. The van der Waals surface area contributed by atoms with Crippen molar-refractivity contribution < 1.29 is 9.90 Å². The molecule has 0 aliphatic heterocycles. The molecule has 0 amide bonds. The fraction of sp³-hybridized carbons (Fsp3) is 0. The summed E-state index contributed by atoms with van der Waals surface area (Å²) in [5, 5.41) is 8.57. The molecule has 1 aromatic carbocycles. The first-order chi connectivity index (χ1) is 5.24. The van der Waals surface area contributed by atoms with Crippen LogP contribution in [0.3, 0.4) is 0 Å². The van der Waals surface area contributed by atoms with E-state index in [2.05, 4.69) is 6.58 Å². The fourth-order valence-electron chi connectivity index (χ4n) is 0.799. The van der Waals surface area contributed by atoms with Crippen LogP contribution < -0.4 is 0 Å². The van der Waals surface area contributed by atoms with Crippen molar-refractivity contribution >= 4 is 29.0 Å². The van der Waals surface area contributed by atoms with Crippen LogP contribution in [0.4, 0.5) is 0 Å². The van der Waals surface area contributed by atoms with Crippen LogP contribution in [0.15, 0.2) is 30.8 Å². The minimum absolute atomic E-state index is 0. The molecule has 0 aliphatic rings. The highest BCUT2D eigenvalue weighted by molar-refractivity contribution is 8.93. The minimum Gasteiger partial charge on any atom is -0.478 e. The second-order valence-corrected chi connectivity index (χ2v) is 2.13. The molecule has 64 valence electrons. The SMILES string of the molecule is Br.C=Cc1cccc(C(=O)O)c1. The van der Waals surface area contributed by atoms with E-state index >= 15 is 0 Å². The summed E-state index contributed by atoms with van der Waals surface area (Å²) in [6.07, 6.45) is 1.62. The van der Waals surface area contributed by atoms with Gasteiger partial charge >= 0.3 is 5.97 Å². The quantitative estimate of drug-likeness (QED) is 0.846. The number of hydrogen-bond donors (Lipinski definition) is 1. The van der Waals surface area contributed by atoms with Gasteiger partial charge < -0.3 is 5.11 Å². The van der Waals surface area contributed by atoms with Crippen LogP contribution in [0.2, 0.25) is 0 Å². The van der Waals surface area contributed by atoms with Crippen molar-refractivity contribution in [2.75, 3.05) is 0 Å². The molecule has 0 saturated heterocycles. The monoisotopic (exact) mass is 228 g/mol. The van der Waals surface area contributed by atoms with Crippen molar-refractivity contribution in [2.45, 2.75) is 0 Å². The van der Waals surface area contributed by atoms with Gasteiger partial charge in [-0.25, -0.2) is 4.79 Å². The molecular formula is C9H9BrO2. The van der Waals surface area contributed by atoms with Gasteiger partial charge in [0.05, 0.1) is 5.56 Å². The third-order valence-corrected chi connectivity index (χ3v) is 1.37. The normalized spacial score (nSPS) is 8.33. The molecule has 12 heavy (non-hydrogen) atoms. The third kappa shape index (κ3) is 2.51. The van der Waals surface area contributed by atoms with Gasteiger partial charge in [-0.1, -0.05) is 24.8 Å². The van der Waals surface area contributed by atoms with Crippen LogP contribution in [-0.2, 0) is 0 Å². The van der Waals surface area contributed by atoms with Crippen LogP contribution in [0.1, 0.15) is 15.9 Å². The molecule has 0 radical (unpaired) electrons. The number of aromatic carboxylic acids is 1. The molecule has 0 atom stereocenters. The zero-order chi connectivity index (χ0) is 8.27. The molecule has 2 nitrogen and oxygen atoms in total. The second-order valence-electron chi connectivity index (χ2n) is 2.13. The molecule has 1 rings (SSSR count). The first-order valence-corrected chi connectivity index (χ1v) is 3.20. The molecule has 0 bridgehead atoms. The van der Waals surface area contributed by atoms with E-state index in [9.17, 15) is 4.79 Å². The van der Waals surface area contributed by atoms with Crippen LogP contribution >= 0.6 is 17.0 Å². The summed E-state index contributed by atoms with van der Waals surface area (Å²) in [6, 6.07) is 6.63. The molecule has 1 aromatic rings. The maximum Gasteiger partial charge on any atom is 0.335 e. The summed E-state index contributed by atoms with van der Waals surface area (Å²) in [5.41, 5.74) is 1.12. The molecule has 0 aliphatic carbocycles. The Balaban J connectivity index is 0.00000121. The Hall–Kier alpha value is -1.09. The van der Waals surface area contributed by atoms with E-state index in [1.165, 1.54) is 0 Å². The minimum atomic E-state index is -0.909. The van der Waals surface area contributed by atoms with Gasteiger partial charge in [0.1, 0.15) is 0 Å². The Labute approximate surface area is 81.3 Å². The largest absolute Gasteiger partial charge is 0.478 e. The lowest BCUT2D eigenvalue weighted by atomic mass is 10.1. The average molecular weight is 229 g/mol. The summed E-state index contributed by atoms with van der Waals surface area (Å²) >= 11 is 0. The van der Waals surface area contributed by atoms with Crippen molar-refractivity contribution in [1.82, 2.24) is 0 Å². The maximum atomic E-state index is 10.4. The van der Waals surface area contributed by atoms with Gasteiger partial charge in [0.2, 0.25) is 0 Å². The van der Waals surface area contributed by atoms with Crippen molar-refractivity contribution in [3.8, 4) is 0 Å². The number of carbonyl (C=O) groups is 1. The van der Waals surface area contributed by atoms with Crippen LogP contribution in [-0.4, -0.2) is 11.1 Å². The standard InChI is InChI=1S/C9H8O2.BrH/c1-2-7-4-3-5-8(6-7)9(10)11;/h2-6H,1H2,(H,10,11);1H. The summed E-state index contributed by atoms with van der Waals surface area (Å²) in [5.74, 6) is -0.909. The van der Waals surface area contributed by atoms with Gasteiger partial charge in [0.25, 0.3) is 0 Å². The van der Waals surface area contributed by atoms with Crippen molar-refractivity contribution in [3.63, 3.8) is 0 Å². The van der Waals surface area contributed by atoms with E-state index in [0.717, 1.165) is 5.56 Å². The molecule has 0 fully saturated rings. The molecule has 1 N–H and O–H groups in total. The van der Waals surface area contributed by atoms with Gasteiger partial charge in [0.15, 0.2) is 0 Å². The molecule has 0 spiro atoms. The fourth-order valence-corrected chi connectivity index (χ4v) is 0.799. The first-order valence-electron chi connectivity index (χ1n) is 3.20. The maximum absolute atomic E-state index is 10.4. The second kappa shape index (κ2) is 4.72. The summed E-state index contributed by atoms with van der Waals surface area (Å²) in [4.78, 5) is 10.4. The van der Waals surface area contributed by atoms with Crippen LogP contribution in [0.5, 0.6) is 0 Å². The number of carboxylic acids is 1. The number of hydrogen-bond acceptors (Lipinski definition) is 1. The molecule has 0 saturated carbocycles. The number of rotatable bonds is 2. The molecular weight excluding hydrogens is 220 g/mol. The molecule has 0 unspecified atom stereocenters. The Kier molecular flexibility index (Phi) is 4.29. The number of carboxylic acid groups (broad SMARTS) is 1. The Morgan fingerprint density at radius 1 is 1.50 bits per heavy atom. The zero-order valence-corrected chi connectivity index (χ0v) is 8.07. The van der Waals surface area contributed by atoms with Gasteiger partial charge in [-0.15, -0.1) is 17.0 Å². The highest BCUT2D eigenvalue weighted by Gasteiger charge is 2.00. The predicted molar refractivity (Wildman–Crippen MR) is 53.8 cm³/mol.